The molecule has 0 amide bonds. The molecule has 0 unspecified atom stereocenters. The summed E-state index contributed by atoms with van der Waals surface area (Å²) in [5.74, 6) is 0.631. The summed E-state index contributed by atoms with van der Waals surface area (Å²) >= 11 is 6.69. The second-order valence-corrected chi connectivity index (χ2v) is 8.84. The van der Waals surface area contributed by atoms with Crippen LogP contribution in [-0.4, -0.2) is 57.9 Å². The molecule has 176 valence electrons. The molecule has 1 aliphatic rings. The summed E-state index contributed by atoms with van der Waals surface area (Å²) in [4.78, 5) is 29.4. The smallest absolute Gasteiger partial charge is 0.260 e. The van der Waals surface area contributed by atoms with Crippen LogP contribution in [-0.2, 0) is 6.54 Å². The van der Waals surface area contributed by atoms with Gasteiger partial charge in [0.15, 0.2) is 0 Å². The van der Waals surface area contributed by atoms with E-state index in [1.54, 1.807) is 22.9 Å². The minimum absolute atomic E-state index is 0.116. The Morgan fingerprint density at radius 1 is 1.24 bits per heavy atom. The largest absolute Gasteiger partial charge is 0.314 e. The molecule has 2 aromatic heterocycles. The number of aromatic nitrogens is 3. The molecular weight excluding hydrogens is 448 g/mol. The molecule has 4 rings (SSSR count). The third-order valence-electron chi connectivity index (χ3n) is 5.86. The Morgan fingerprint density at radius 2 is 2.00 bits per heavy atom. The van der Waals surface area contributed by atoms with Crippen molar-refractivity contribution in [2.75, 3.05) is 32.7 Å². The van der Waals surface area contributed by atoms with Gasteiger partial charge in [0.05, 0.1) is 5.71 Å². The molecule has 0 spiro atoms. The summed E-state index contributed by atoms with van der Waals surface area (Å²) in [6.45, 7) is 16.5. The number of hydrogen-bond acceptors (Lipinski definition) is 6. The highest BCUT2D eigenvalue weighted by molar-refractivity contribution is 6.34. The summed E-state index contributed by atoms with van der Waals surface area (Å²) in [5.41, 5.74) is 3.87. The lowest BCUT2D eigenvalue weighted by Crippen LogP contribution is -2.45. The van der Waals surface area contributed by atoms with Crippen molar-refractivity contribution in [2.45, 2.75) is 20.4 Å². The molecule has 0 radical (unpaired) electrons. The quantitative estimate of drug-likeness (QED) is 0.524. The predicted molar refractivity (Wildman–Crippen MR) is 140 cm³/mol. The standard InChI is InChI=1S/C26H29ClN6O/c1-5-24(30-17(2)3)19-6-7-21(23(27)15-19)22-14-20-16-29-18(4)31-25(20)33(26(22)34)13-12-32-10-8-28-9-11-32/h5-7,14-16,28H,1-2,8-13H2,3-4H3. The molecule has 1 N–H and O–H groups in total. The van der Waals surface area contributed by atoms with Gasteiger partial charge in [-0.2, -0.15) is 0 Å². The second-order valence-electron chi connectivity index (χ2n) is 8.43. The molecule has 34 heavy (non-hydrogen) atoms. The van der Waals surface area contributed by atoms with Crippen LogP contribution in [0.4, 0.5) is 0 Å². The van der Waals surface area contributed by atoms with E-state index in [-0.39, 0.29) is 5.56 Å². The number of hydrogen-bond donors (Lipinski definition) is 1. The normalized spacial score (nSPS) is 15.0. The van der Waals surface area contributed by atoms with Gasteiger partial charge in [0.1, 0.15) is 11.5 Å². The Hall–Kier alpha value is -3.13. The van der Waals surface area contributed by atoms with Crippen molar-refractivity contribution >= 4 is 28.3 Å². The Balaban J connectivity index is 1.79. The molecular formula is C26H29ClN6O. The average molecular weight is 477 g/mol. The van der Waals surface area contributed by atoms with Crippen molar-refractivity contribution in [1.82, 2.24) is 24.8 Å². The van der Waals surface area contributed by atoms with Gasteiger partial charge >= 0.3 is 0 Å². The number of benzene rings is 1. The summed E-state index contributed by atoms with van der Waals surface area (Å²) < 4.78 is 1.75. The zero-order chi connectivity index (χ0) is 24.2. The third kappa shape index (κ3) is 5.17. The molecule has 3 aromatic rings. The highest BCUT2D eigenvalue weighted by Gasteiger charge is 2.17. The first-order chi connectivity index (χ1) is 16.4. The van der Waals surface area contributed by atoms with E-state index in [1.807, 2.05) is 32.0 Å². The van der Waals surface area contributed by atoms with Crippen molar-refractivity contribution < 1.29 is 0 Å². The van der Waals surface area contributed by atoms with Gasteiger partial charge in [-0.25, -0.2) is 9.97 Å². The number of halogens is 1. The number of nitrogens with zero attached hydrogens (tertiary/aromatic N) is 5. The summed E-state index contributed by atoms with van der Waals surface area (Å²) in [7, 11) is 0. The number of pyridine rings is 1. The van der Waals surface area contributed by atoms with Gasteiger partial charge in [-0.1, -0.05) is 36.9 Å². The number of aliphatic imine (C=N–C) groups is 1. The number of aryl methyl sites for hydroxylation is 1. The summed E-state index contributed by atoms with van der Waals surface area (Å²) in [5, 5.41) is 4.63. The van der Waals surface area contributed by atoms with Crippen LogP contribution >= 0.6 is 11.6 Å². The Morgan fingerprint density at radius 3 is 2.68 bits per heavy atom. The maximum atomic E-state index is 13.7. The van der Waals surface area contributed by atoms with Crippen molar-refractivity contribution in [3.63, 3.8) is 0 Å². The van der Waals surface area contributed by atoms with Crippen LogP contribution in [0.25, 0.3) is 22.2 Å². The van der Waals surface area contributed by atoms with E-state index in [1.165, 1.54) is 0 Å². The number of rotatable bonds is 7. The fourth-order valence-electron chi connectivity index (χ4n) is 4.15. The number of piperazine rings is 1. The van der Waals surface area contributed by atoms with Crippen molar-refractivity contribution in [1.29, 1.82) is 0 Å². The summed E-state index contributed by atoms with van der Waals surface area (Å²) in [6.07, 6.45) is 3.43. The Bertz CT molecular complexity index is 1340. The topological polar surface area (TPSA) is 75.4 Å². The van der Waals surface area contributed by atoms with E-state index in [0.29, 0.717) is 45.6 Å². The number of allylic oxidation sites excluding steroid dienone is 2. The molecule has 0 bridgehead atoms. The number of fused-ring (bicyclic) bond motifs is 1. The molecule has 0 saturated carbocycles. The van der Waals surface area contributed by atoms with Crippen LogP contribution in [0, 0.1) is 6.92 Å². The zero-order valence-corrected chi connectivity index (χ0v) is 20.4. The highest BCUT2D eigenvalue weighted by atomic mass is 35.5. The van der Waals surface area contributed by atoms with E-state index in [9.17, 15) is 4.79 Å². The highest BCUT2D eigenvalue weighted by Crippen LogP contribution is 2.29. The zero-order valence-electron chi connectivity index (χ0n) is 19.6. The summed E-state index contributed by atoms with van der Waals surface area (Å²) in [6, 6.07) is 7.38. The molecule has 1 aliphatic heterocycles. The first-order valence-corrected chi connectivity index (χ1v) is 11.7. The van der Waals surface area contributed by atoms with Crippen LogP contribution < -0.4 is 10.9 Å². The lowest BCUT2D eigenvalue weighted by molar-refractivity contribution is 0.232. The minimum Gasteiger partial charge on any atom is -0.314 e. The fraction of sp³-hybridized carbons (Fsp3) is 0.308. The molecule has 1 aromatic carbocycles. The van der Waals surface area contributed by atoms with Gasteiger partial charge in [-0.3, -0.25) is 19.3 Å². The van der Waals surface area contributed by atoms with Crippen LogP contribution in [0.2, 0.25) is 5.02 Å². The second kappa shape index (κ2) is 10.4. The third-order valence-corrected chi connectivity index (χ3v) is 6.17. The minimum atomic E-state index is -0.116. The van der Waals surface area contributed by atoms with Crippen LogP contribution in [0.15, 0.2) is 65.2 Å². The van der Waals surface area contributed by atoms with Crippen LogP contribution in [0.3, 0.4) is 0 Å². The van der Waals surface area contributed by atoms with Crippen LogP contribution in [0.1, 0.15) is 18.3 Å². The fourth-order valence-corrected chi connectivity index (χ4v) is 4.43. The molecule has 3 heterocycles. The lowest BCUT2D eigenvalue weighted by Gasteiger charge is -2.27. The molecule has 0 atom stereocenters. The SMILES string of the molecule is C=CC(=NC(=C)C)c1ccc(-c2cc3cnc(C)nc3n(CCN3CCNCC3)c2=O)c(Cl)c1. The van der Waals surface area contributed by atoms with Gasteiger partial charge in [0.2, 0.25) is 0 Å². The molecule has 1 saturated heterocycles. The van der Waals surface area contributed by atoms with Crippen molar-refractivity contribution in [2.24, 2.45) is 4.99 Å². The molecule has 1 fully saturated rings. The number of nitrogens with one attached hydrogen (secondary N) is 1. The van der Waals surface area contributed by atoms with E-state index in [2.05, 4.69) is 38.3 Å². The van der Waals surface area contributed by atoms with Gasteiger partial charge in [0.25, 0.3) is 5.56 Å². The predicted octanol–water partition coefficient (Wildman–Crippen LogP) is 3.83. The first-order valence-electron chi connectivity index (χ1n) is 11.3. The van der Waals surface area contributed by atoms with Gasteiger partial charge in [-0.05, 0) is 32.1 Å². The first kappa shape index (κ1) is 24.0. The van der Waals surface area contributed by atoms with Gasteiger partial charge in [-0.15, -0.1) is 0 Å². The van der Waals surface area contributed by atoms with Crippen LogP contribution in [0.5, 0.6) is 0 Å². The Labute approximate surface area is 204 Å². The maximum absolute atomic E-state index is 13.7. The van der Waals surface area contributed by atoms with Crippen molar-refractivity contribution in [3.8, 4) is 11.1 Å². The monoisotopic (exact) mass is 476 g/mol. The van der Waals surface area contributed by atoms with E-state index in [4.69, 9.17) is 11.6 Å². The average Bonchev–Trinajstić information content (AvgIpc) is 2.82. The van der Waals surface area contributed by atoms with Crippen molar-refractivity contribution in [3.05, 3.63) is 82.2 Å². The maximum Gasteiger partial charge on any atom is 0.260 e. The van der Waals surface area contributed by atoms with E-state index < -0.39 is 0 Å². The molecule has 8 heteroatoms. The van der Waals surface area contributed by atoms with E-state index in [0.717, 1.165) is 43.7 Å². The Kier molecular flexibility index (Phi) is 7.36. The molecule has 0 aliphatic carbocycles. The van der Waals surface area contributed by atoms with E-state index >= 15 is 0 Å². The lowest BCUT2D eigenvalue weighted by atomic mass is 10.0. The van der Waals surface area contributed by atoms with Gasteiger partial charge in [0, 0.05) is 78.3 Å². The van der Waals surface area contributed by atoms with Gasteiger partial charge < -0.3 is 5.32 Å². The molecule has 7 nitrogen and oxygen atoms in total.